The van der Waals surface area contributed by atoms with Gasteiger partial charge in [0.25, 0.3) is 5.91 Å². The molecule has 26 heavy (non-hydrogen) atoms. The molecular formula is C19H20FN5O. The van der Waals surface area contributed by atoms with Gasteiger partial charge in [-0.15, -0.1) is 0 Å². The first-order chi connectivity index (χ1) is 12.6. The van der Waals surface area contributed by atoms with E-state index in [1.54, 1.807) is 11.0 Å². The molecule has 2 aromatic rings. The van der Waals surface area contributed by atoms with Gasteiger partial charge in [0, 0.05) is 43.0 Å². The predicted molar refractivity (Wildman–Crippen MR) is 97.2 cm³/mol. The third kappa shape index (κ3) is 3.29. The Balaban J connectivity index is 1.47. The molecule has 0 aliphatic carbocycles. The fourth-order valence-corrected chi connectivity index (χ4v) is 3.49. The van der Waals surface area contributed by atoms with Crippen LogP contribution < -0.4 is 0 Å². The molecule has 1 amide bonds. The summed E-state index contributed by atoms with van der Waals surface area (Å²) in [6.45, 7) is 3.82. The van der Waals surface area contributed by atoms with Gasteiger partial charge in [-0.25, -0.2) is 9.98 Å². The van der Waals surface area contributed by atoms with Crippen LogP contribution in [0.15, 0.2) is 40.6 Å². The third-order valence-corrected chi connectivity index (χ3v) is 4.83. The Morgan fingerprint density at radius 2 is 2.27 bits per heavy atom. The number of amides is 1. The fraction of sp³-hybridized carbons (Fsp3) is 0.368. The van der Waals surface area contributed by atoms with Crippen LogP contribution in [0.1, 0.15) is 34.5 Å². The number of aromatic nitrogens is 2. The van der Waals surface area contributed by atoms with Crippen LogP contribution in [-0.2, 0) is 0 Å². The summed E-state index contributed by atoms with van der Waals surface area (Å²) in [7, 11) is 0. The van der Waals surface area contributed by atoms with Crippen LogP contribution in [0.25, 0.3) is 0 Å². The van der Waals surface area contributed by atoms with E-state index >= 15 is 0 Å². The number of aromatic amines is 1. The number of piperidine rings is 1. The summed E-state index contributed by atoms with van der Waals surface area (Å²) in [5.74, 6) is 0.123. The second-order valence-corrected chi connectivity index (χ2v) is 6.78. The van der Waals surface area contributed by atoms with Crippen molar-refractivity contribution in [3.8, 4) is 0 Å². The largest absolute Gasteiger partial charge is 0.360 e. The van der Waals surface area contributed by atoms with E-state index in [9.17, 15) is 9.18 Å². The predicted octanol–water partition coefficient (Wildman–Crippen LogP) is 2.61. The number of rotatable bonds is 3. The highest BCUT2D eigenvalue weighted by atomic mass is 19.1. The van der Waals surface area contributed by atoms with Crippen molar-refractivity contribution in [3.63, 3.8) is 0 Å². The van der Waals surface area contributed by atoms with Crippen molar-refractivity contribution in [2.24, 2.45) is 15.9 Å². The molecule has 1 fully saturated rings. The zero-order valence-electron chi connectivity index (χ0n) is 14.6. The van der Waals surface area contributed by atoms with Gasteiger partial charge in [-0.05, 0) is 37.5 Å². The SMILES string of the molecule is Cc1c[nH]c(C2=NC([C@H]3CCCN(C(=O)c4ccnc(F)c4)C3)=NC2)c1. The molecule has 1 saturated heterocycles. The van der Waals surface area contributed by atoms with Crippen LogP contribution in [-0.4, -0.2) is 52.0 Å². The summed E-state index contributed by atoms with van der Waals surface area (Å²) in [4.78, 5) is 30.4. The van der Waals surface area contributed by atoms with E-state index in [0.29, 0.717) is 25.2 Å². The van der Waals surface area contributed by atoms with Gasteiger partial charge in [0.05, 0.1) is 18.0 Å². The summed E-state index contributed by atoms with van der Waals surface area (Å²) < 4.78 is 13.3. The van der Waals surface area contributed by atoms with E-state index < -0.39 is 5.95 Å². The number of aryl methyl sites for hydroxylation is 1. The van der Waals surface area contributed by atoms with Crippen LogP contribution >= 0.6 is 0 Å². The maximum absolute atomic E-state index is 13.3. The quantitative estimate of drug-likeness (QED) is 0.862. The summed E-state index contributed by atoms with van der Waals surface area (Å²) in [5.41, 5.74) is 3.43. The van der Waals surface area contributed by atoms with Crippen molar-refractivity contribution in [3.05, 3.63) is 53.4 Å². The molecule has 2 aromatic heterocycles. The van der Waals surface area contributed by atoms with Crippen LogP contribution in [0.3, 0.4) is 0 Å². The van der Waals surface area contributed by atoms with E-state index in [4.69, 9.17) is 4.99 Å². The molecule has 134 valence electrons. The molecule has 2 aliphatic rings. The minimum atomic E-state index is -0.639. The number of amidine groups is 1. The molecule has 0 aromatic carbocycles. The van der Waals surface area contributed by atoms with Gasteiger partial charge in [-0.1, -0.05) is 0 Å². The molecule has 0 radical (unpaired) electrons. The molecule has 2 aliphatic heterocycles. The Morgan fingerprint density at radius 1 is 1.38 bits per heavy atom. The normalized spacial score (nSPS) is 20.1. The number of hydrogen-bond donors (Lipinski definition) is 1. The number of likely N-dealkylation sites (tertiary alicyclic amines) is 1. The molecule has 0 unspecified atom stereocenters. The molecule has 0 saturated carbocycles. The number of halogens is 1. The molecule has 0 bridgehead atoms. The van der Waals surface area contributed by atoms with Gasteiger partial charge in [0.15, 0.2) is 0 Å². The van der Waals surface area contributed by atoms with Crippen LogP contribution in [0.4, 0.5) is 4.39 Å². The third-order valence-electron chi connectivity index (χ3n) is 4.83. The van der Waals surface area contributed by atoms with Crippen molar-refractivity contribution >= 4 is 17.5 Å². The molecule has 4 heterocycles. The topological polar surface area (TPSA) is 73.7 Å². The molecule has 1 N–H and O–H groups in total. The average molecular weight is 353 g/mol. The van der Waals surface area contributed by atoms with E-state index in [-0.39, 0.29) is 11.8 Å². The molecular weight excluding hydrogens is 333 g/mol. The standard InChI is InChI=1S/C19H20FN5O/c1-12-7-15(22-9-12)16-10-23-18(24-16)14-3-2-6-25(11-14)19(26)13-4-5-21-17(20)8-13/h4-5,7-9,14,22H,2-3,6,10-11H2,1H3/t14-/m0/s1. The van der Waals surface area contributed by atoms with E-state index in [2.05, 4.69) is 21.0 Å². The highest BCUT2D eigenvalue weighted by Crippen LogP contribution is 2.23. The van der Waals surface area contributed by atoms with Gasteiger partial charge < -0.3 is 9.88 Å². The number of nitrogens with one attached hydrogen (secondary N) is 1. The van der Waals surface area contributed by atoms with Crippen LogP contribution in [0.2, 0.25) is 0 Å². The molecule has 7 heteroatoms. The Kier molecular flexibility index (Phi) is 4.36. The van der Waals surface area contributed by atoms with Crippen LogP contribution in [0, 0.1) is 18.8 Å². The maximum atomic E-state index is 13.3. The lowest BCUT2D eigenvalue weighted by molar-refractivity contribution is 0.0702. The first-order valence-electron chi connectivity index (χ1n) is 8.78. The van der Waals surface area contributed by atoms with Gasteiger partial charge in [0.2, 0.25) is 5.95 Å². The Bertz CT molecular complexity index is 901. The first kappa shape index (κ1) is 16.6. The lowest BCUT2D eigenvalue weighted by atomic mass is 9.96. The second kappa shape index (κ2) is 6.82. The minimum absolute atomic E-state index is 0.118. The Hall–Kier alpha value is -2.83. The Labute approximate surface area is 150 Å². The number of pyridine rings is 1. The highest BCUT2D eigenvalue weighted by molar-refractivity contribution is 6.12. The highest BCUT2D eigenvalue weighted by Gasteiger charge is 2.29. The number of carbonyl (C=O) groups excluding carboxylic acids is 1. The first-order valence-corrected chi connectivity index (χ1v) is 8.78. The second-order valence-electron chi connectivity index (χ2n) is 6.78. The number of carbonyl (C=O) groups is 1. The van der Waals surface area contributed by atoms with Gasteiger partial charge >= 0.3 is 0 Å². The van der Waals surface area contributed by atoms with Crippen molar-refractivity contribution in [1.82, 2.24) is 14.9 Å². The number of H-pyrrole nitrogens is 1. The molecule has 4 rings (SSSR count). The zero-order chi connectivity index (χ0) is 18.1. The van der Waals surface area contributed by atoms with Gasteiger partial charge in [-0.3, -0.25) is 9.79 Å². The van der Waals surface area contributed by atoms with E-state index in [0.717, 1.165) is 35.6 Å². The Morgan fingerprint density at radius 3 is 3.04 bits per heavy atom. The monoisotopic (exact) mass is 353 g/mol. The average Bonchev–Trinajstić information content (AvgIpc) is 3.30. The molecule has 6 nitrogen and oxygen atoms in total. The maximum Gasteiger partial charge on any atom is 0.254 e. The summed E-state index contributed by atoms with van der Waals surface area (Å²) in [5, 5.41) is 0. The molecule has 1 atom stereocenters. The molecule has 0 spiro atoms. The summed E-state index contributed by atoms with van der Waals surface area (Å²) >= 11 is 0. The number of aliphatic imine (C=N–C) groups is 2. The summed E-state index contributed by atoms with van der Waals surface area (Å²) in [6.07, 6.45) is 5.11. The number of hydrogen-bond acceptors (Lipinski definition) is 4. The van der Waals surface area contributed by atoms with E-state index in [1.807, 2.05) is 13.1 Å². The van der Waals surface area contributed by atoms with Crippen molar-refractivity contribution in [2.75, 3.05) is 19.6 Å². The van der Waals surface area contributed by atoms with Crippen LogP contribution in [0.5, 0.6) is 0 Å². The fourth-order valence-electron chi connectivity index (χ4n) is 3.49. The lowest BCUT2D eigenvalue weighted by Gasteiger charge is -2.32. The van der Waals surface area contributed by atoms with Crippen molar-refractivity contribution < 1.29 is 9.18 Å². The smallest absolute Gasteiger partial charge is 0.254 e. The number of nitrogens with zero attached hydrogens (tertiary/aromatic N) is 4. The minimum Gasteiger partial charge on any atom is -0.360 e. The van der Waals surface area contributed by atoms with E-state index in [1.165, 1.54) is 12.3 Å². The lowest BCUT2D eigenvalue weighted by Crippen LogP contribution is -2.42. The van der Waals surface area contributed by atoms with Crippen molar-refractivity contribution in [1.29, 1.82) is 0 Å². The zero-order valence-corrected chi connectivity index (χ0v) is 14.6. The van der Waals surface area contributed by atoms with Gasteiger partial charge in [-0.2, -0.15) is 4.39 Å². The summed E-state index contributed by atoms with van der Waals surface area (Å²) in [6, 6.07) is 4.79. The van der Waals surface area contributed by atoms with Crippen molar-refractivity contribution in [2.45, 2.75) is 19.8 Å². The van der Waals surface area contributed by atoms with Gasteiger partial charge in [0.1, 0.15) is 5.84 Å².